The minimum absolute atomic E-state index is 0.0903. The van der Waals surface area contributed by atoms with E-state index in [1.54, 1.807) is 0 Å². The fraction of sp³-hybridized carbons (Fsp3) is 0.933. The molecule has 4 unspecified atom stereocenters. The molecule has 0 aromatic heterocycles. The Balaban J connectivity index is 1.43. The van der Waals surface area contributed by atoms with Crippen molar-refractivity contribution in [2.45, 2.75) is 50.5 Å². The Bertz CT molecular complexity index is 361. The second kappa shape index (κ2) is 3.97. The van der Waals surface area contributed by atoms with Crippen molar-refractivity contribution < 1.29 is 4.79 Å². The third kappa shape index (κ3) is 1.55. The molecule has 4 atom stereocenters. The van der Waals surface area contributed by atoms with Gasteiger partial charge < -0.3 is 5.32 Å². The highest BCUT2D eigenvalue weighted by molar-refractivity contribution is 9.09. The first-order chi connectivity index (χ1) is 8.74. The highest BCUT2D eigenvalue weighted by Crippen LogP contribution is 2.69. The van der Waals surface area contributed by atoms with Gasteiger partial charge in [0.15, 0.2) is 0 Å². The van der Waals surface area contributed by atoms with Crippen molar-refractivity contribution >= 4 is 21.8 Å². The van der Waals surface area contributed by atoms with Crippen LogP contribution in [0.15, 0.2) is 0 Å². The van der Waals surface area contributed by atoms with Gasteiger partial charge in [0, 0.05) is 16.8 Å². The fourth-order valence-electron chi connectivity index (χ4n) is 5.36. The normalized spacial score (nSPS) is 47.1. The molecule has 2 nitrogen and oxygen atoms in total. The van der Waals surface area contributed by atoms with Crippen LogP contribution in [0.2, 0.25) is 0 Å². The van der Waals surface area contributed by atoms with Crippen molar-refractivity contribution in [3.8, 4) is 0 Å². The third-order valence-electron chi connectivity index (χ3n) is 6.24. The minimum atomic E-state index is 0.0903. The Morgan fingerprint density at radius 1 is 1.17 bits per heavy atom. The van der Waals surface area contributed by atoms with E-state index < -0.39 is 0 Å². The van der Waals surface area contributed by atoms with Crippen LogP contribution in [0.25, 0.3) is 0 Å². The minimum Gasteiger partial charge on any atom is -0.350 e. The summed E-state index contributed by atoms with van der Waals surface area (Å²) < 4.78 is 0. The lowest BCUT2D eigenvalue weighted by Crippen LogP contribution is -2.49. The summed E-state index contributed by atoms with van der Waals surface area (Å²) in [5, 5.41) is 4.35. The largest absolute Gasteiger partial charge is 0.350 e. The number of carbonyl (C=O) groups excluding carboxylic acids is 1. The van der Waals surface area contributed by atoms with Gasteiger partial charge in [0.05, 0.1) is 0 Å². The third-order valence-corrected chi connectivity index (χ3v) is 7.32. The number of amides is 1. The van der Waals surface area contributed by atoms with E-state index in [0.29, 0.717) is 11.8 Å². The van der Waals surface area contributed by atoms with Crippen LogP contribution in [0.1, 0.15) is 44.9 Å². The second-order valence-corrected chi connectivity index (χ2v) is 7.68. The van der Waals surface area contributed by atoms with Gasteiger partial charge in [0.25, 0.3) is 0 Å². The number of carbonyl (C=O) groups is 1. The summed E-state index contributed by atoms with van der Waals surface area (Å²) in [6.45, 7) is 0. The van der Waals surface area contributed by atoms with E-state index >= 15 is 0 Å². The van der Waals surface area contributed by atoms with Gasteiger partial charge in [-0.25, -0.2) is 0 Å². The molecule has 100 valence electrons. The lowest BCUT2D eigenvalue weighted by molar-refractivity contribution is -0.125. The zero-order valence-corrected chi connectivity index (χ0v) is 12.4. The number of alkyl halides is 1. The first-order valence-corrected chi connectivity index (χ1v) is 8.74. The maximum Gasteiger partial charge on any atom is 0.224 e. The maximum atomic E-state index is 12.5. The van der Waals surface area contributed by atoms with Gasteiger partial charge in [0.1, 0.15) is 0 Å². The van der Waals surface area contributed by atoms with Crippen molar-refractivity contribution in [3.63, 3.8) is 0 Å². The molecule has 4 aliphatic rings. The quantitative estimate of drug-likeness (QED) is 0.797. The summed E-state index contributed by atoms with van der Waals surface area (Å²) in [5.74, 6) is 4.14. The molecule has 2 bridgehead atoms. The Morgan fingerprint density at radius 2 is 1.78 bits per heavy atom. The topological polar surface area (TPSA) is 29.1 Å². The lowest BCUT2D eigenvalue weighted by Gasteiger charge is -2.28. The van der Waals surface area contributed by atoms with Crippen LogP contribution in [0.3, 0.4) is 0 Å². The number of halogens is 1. The summed E-state index contributed by atoms with van der Waals surface area (Å²) in [5.41, 5.74) is 0.0903. The molecule has 0 saturated heterocycles. The Hall–Kier alpha value is -0.0500. The first-order valence-electron chi connectivity index (χ1n) is 7.62. The van der Waals surface area contributed by atoms with Crippen LogP contribution in [0, 0.1) is 29.6 Å². The SMILES string of the molecule is O=C(NC1(CBr)CCCC1)C1C2C3CCC(C3)C12. The molecule has 0 aliphatic heterocycles. The Labute approximate surface area is 117 Å². The molecule has 18 heavy (non-hydrogen) atoms. The maximum absolute atomic E-state index is 12.5. The van der Waals surface area contributed by atoms with Crippen LogP contribution in [0.4, 0.5) is 0 Å². The van der Waals surface area contributed by atoms with Crippen molar-refractivity contribution in [1.82, 2.24) is 5.32 Å². The monoisotopic (exact) mass is 311 g/mol. The molecule has 1 N–H and O–H groups in total. The van der Waals surface area contributed by atoms with E-state index in [0.717, 1.165) is 29.0 Å². The number of nitrogens with one attached hydrogen (secondary N) is 1. The number of hydrogen-bond acceptors (Lipinski definition) is 1. The predicted molar refractivity (Wildman–Crippen MR) is 74.4 cm³/mol. The standard InChI is InChI=1S/C15H22BrNO/c16-8-15(5-1-2-6-15)17-14(18)13-11-9-3-4-10(7-9)12(11)13/h9-13H,1-8H2,(H,17,18). The lowest BCUT2D eigenvalue weighted by atomic mass is 9.98. The van der Waals surface area contributed by atoms with E-state index in [1.807, 2.05) is 0 Å². The van der Waals surface area contributed by atoms with Crippen LogP contribution in [-0.4, -0.2) is 16.8 Å². The summed E-state index contributed by atoms with van der Waals surface area (Å²) >= 11 is 3.61. The molecule has 4 aliphatic carbocycles. The van der Waals surface area contributed by atoms with E-state index in [-0.39, 0.29) is 5.54 Å². The molecule has 4 saturated carbocycles. The molecule has 1 amide bonds. The van der Waals surface area contributed by atoms with Gasteiger partial charge in [-0.3, -0.25) is 4.79 Å². The zero-order chi connectivity index (χ0) is 12.3. The van der Waals surface area contributed by atoms with Gasteiger partial charge in [-0.2, -0.15) is 0 Å². The van der Waals surface area contributed by atoms with Crippen molar-refractivity contribution in [1.29, 1.82) is 0 Å². The van der Waals surface area contributed by atoms with E-state index in [4.69, 9.17) is 0 Å². The molecule has 0 heterocycles. The van der Waals surface area contributed by atoms with Gasteiger partial charge in [-0.1, -0.05) is 28.8 Å². The van der Waals surface area contributed by atoms with Gasteiger partial charge in [-0.15, -0.1) is 0 Å². The van der Waals surface area contributed by atoms with E-state index in [2.05, 4.69) is 21.2 Å². The summed E-state index contributed by atoms with van der Waals surface area (Å²) in [4.78, 5) is 12.5. The Kier molecular flexibility index (Phi) is 2.59. The summed E-state index contributed by atoms with van der Waals surface area (Å²) in [7, 11) is 0. The van der Waals surface area contributed by atoms with Gasteiger partial charge in [0.2, 0.25) is 5.91 Å². The molecule has 4 rings (SSSR count). The molecule has 3 heteroatoms. The number of fused-ring (bicyclic) bond motifs is 5. The highest BCUT2D eigenvalue weighted by atomic mass is 79.9. The summed E-state index contributed by atoms with van der Waals surface area (Å²) in [6, 6.07) is 0. The molecule has 0 spiro atoms. The van der Waals surface area contributed by atoms with Crippen molar-refractivity contribution in [2.75, 3.05) is 5.33 Å². The molecule has 0 radical (unpaired) electrons. The van der Waals surface area contributed by atoms with Crippen molar-refractivity contribution in [3.05, 3.63) is 0 Å². The number of rotatable bonds is 3. The van der Waals surface area contributed by atoms with Crippen LogP contribution in [-0.2, 0) is 4.79 Å². The molecular formula is C15H22BrNO. The average molecular weight is 312 g/mol. The zero-order valence-electron chi connectivity index (χ0n) is 10.8. The number of hydrogen-bond donors (Lipinski definition) is 1. The first kappa shape index (κ1) is 11.7. The van der Waals surface area contributed by atoms with Crippen LogP contribution in [0.5, 0.6) is 0 Å². The average Bonchev–Trinajstić information content (AvgIpc) is 2.75. The molecule has 0 aromatic carbocycles. The smallest absolute Gasteiger partial charge is 0.224 e. The Morgan fingerprint density at radius 3 is 2.33 bits per heavy atom. The van der Waals surface area contributed by atoms with Gasteiger partial charge in [-0.05, 0) is 55.8 Å². The summed E-state index contributed by atoms with van der Waals surface area (Å²) in [6.07, 6.45) is 9.11. The molecular weight excluding hydrogens is 290 g/mol. The highest BCUT2D eigenvalue weighted by Gasteiger charge is 2.67. The molecule has 4 fully saturated rings. The second-order valence-electron chi connectivity index (χ2n) is 7.12. The predicted octanol–water partition coefficient (Wildman–Crippen LogP) is 3.10. The van der Waals surface area contributed by atoms with Crippen molar-refractivity contribution in [2.24, 2.45) is 29.6 Å². The fourth-order valence-corrected chi connectivity index (χ4v) is 6.06. The van der Waals surface area contributed by atoms with E-state index in [9.17, 15) is 4.79 Å². The van der Waals surface area contributed by atoms with Crippen LogP contribution >= 0.6 is 15.9 Å². The van der Waals surface area contributed by atoms with Gasteiger partial charge >= 0.3 is 0 Å². The van der Waals surface area contributed by atoms with E-state index in [1.165, 1.54) is 44.9 Å². The van der Waals surface area contributed by atoms with Crippen LogP contribution < -0.4 is 5.32 Å². The molecule has 0 aromatic rings.